The maximum Gasteiger partial charge on any atom is 0.336 e. The molecule has 198 valence electrons. The molecule has 7 N–H and O–H groups in total. The van der Waals surface area contributed by atoms with Crippen LogP contribution in [0.5, 0.6) is 0 Å². The molecule has 14 nitrogen and oxygen atoms in total. The minimum Gasteiger partial charge on any atom is -0.481 e. The first-order valence-electron chi connectivity index (χ1n) is 10.8. The van der Waals surface area contributed by atoms with Gasteiger partial charge in [0.15, 0.2) is 11.5 Å². The topological polar surface area (TPSA) is 238 Å². The van der Waals surface area contributed by atoms with Crippen molar-refractivity contribution >= 4 is 41.5 Å². The maximum atomic E-state index is 12.2. The van der Waals surface area contributed by atoms with Crippen LogP contribution in [0.4, 0.5) is 5.88 Å². The monoisotopic (exact) mass is 519 g/mol. The minimum absolute atomic E-state index is 0.240. The molecule has 1 unspecified atom stereocenters. The van der Waals surface area contributed by atoms with Gasteiger partial charge in [-0.05, 0) is 31.0 Å². The summed E-state index contributed by atoms with van der Waals surface area (Å²) in [5, 5.41) is 36.5. The number of nitrogens with one attached hydrogen (secondary N) is 1. The van der Waals surface area contributed by atoms with Gasteiger partial charge in [0, 0.05) is 12.6 Å². The van der Waals surface area contributed by atoms with Crippen molar-refractivity contribution in [2.45, 2.75) is 37.3 Å². The molecule has 2 aromatic rings. The second kappa shape index (κ2) is 12.3. The zero-order valence-electron chi connectivity index (χ0n) is 19.3. The van der Waals surface area contributed by atoms with Crippen LogP contribution < -0.4 is 11.1 Å². The number of furan rings is 1. The molecule has 3 heterocycles. The van der Waals surface area contributed by atoms with E-state index in [-0.39, 0.29) is 17.7 Å². The lowest BCUT2D eigenvalue weighted by Gasteiger charge is -2.28. The van der Waals surface area contributed by atoms with Gasteiger partial charge in [0.05, 0.1) is 30.2 Å². The predicted molar refractivity (Wildman–Crippen MR) is 123 cm³/mol. The third-order valence-corrected chi connectivity index (χ3v) is 5.22. The molecule has 0 radical (unpaired) electrons. The van der Waals surface area contributed by atoms with Crippen molar-refractivity contribution in [3.05, 3.63) is 53.8 Å². The zero-order valence-corrected chi connectivity index (χ0v) is 19.3. The SMILES string of the molecule is Nc1ccco1.O=C(O)CC(O)(CC(=O)O)C(=O)O.O=C1NCCCC1N1C(=O)c2ccccc2C1=O. The summed E-state index contributed by atoms with van der Waals surface area (Å²) in [7, 11) is 0. The highest BCUT2D eigenvalue weighted by Crippen LogP contribution is 2.26. The van der Waals surface area contributed by atoms with Gasteiger partial charge in [0.2, 0.25) is 5.91 Å². The second-order valence-electron chi connectivity index (χ2n) is 7.97. The highest BCUT2D eigenvalue weighted by Gasteiger charge is 2.43. The molecule has 4 rings (SSSR count). The summed E-state index contributed by atoms with van der Waals surface area (Å²) >= 11 is 0. The van der Waals surface area contributed by atoms with Crippen LogP contribution in [0.15, 0.2) is 47.1 Å². The van der Waals surface area contributed by atoms with Crippen LogP contribution >= 0.6 is 0 Å². The second-order valence-corrected chi connectivity index (χ2v) is 7.97. The molecule has 2 aliphatic rings. The quantitative estimate of drug-likeness (QED) is 0.280. The Balaban J connectivity index is 0.000000221. The zero-order chi connectivity index (χ0) is 27.8. The normalized spacial score (nSPS) is 16.4. The minimum atomic E-state index is -2.74. The summed E-state index contributed by atoms with van der Waals surface area (Å²) in [5.41, 5.74) is 3.15. The van der Waals surface area contributed by atoms with Crippen molar-refractivity contribution in [2.24, 2.45) is 0 Å². The average Bonchev–Trinajstić information content (AvgIpc) is 3.39. The molecular weight excluding hydrogens is 494 g/mol. The Morgan fingerprint density at radius 1 is 0.973 bits per heavy atom. The molecule has 2 aliphatic heterocycles. The fourth-order valence-electron chi connectivity index (χ4n) is 3.50. The van der Waals surface area contributed by atoms with Gasteiger partial charge in [-0.2, -0.15) is 0 Å². The van der Waals surface area contributed by atoms with E-state index in [1.165, 1.54) is 6.26 Å². The number of carboxylic acid groups (broad SMARTS) is 3. The summed E-state index contributed by atoms with van der Waals surface area (Å²) in [6.07, 6.45) is 0.569. The molecule has 0 spiro atoms. The van der Waals surface area contributed by atoms with E-state index in [2.05, 4.69) is 9.73 Å². The number of nitrogens with two attached hydrogens (primary N) is 1. The predicted octanol–water partition coefficient (Wildman–Crippen LogP) is 0.175. The maximum absolute atomic E-state index is 12.2. The molecule has 1 atom stereocenters. The highest BCUT2D eigenvalue weighted by atomic mass is 16.4. The molecule has 0 bridgehead atoms. The van der Waals surface area contributed by atoms with E-state index in [1.807, 2.05) is 0 Å². The number of benzene rings is 1. The third kappa shape index (κ3) is 7.38. The van der Waals surface area contributed by atoms with E-state index < -0.39 is 42.4 Å². The van der Waals surface area contributed by atoms with Crippen LogP contribution in [-0.2, 0) is 19.2 Å². The number of amides is 3. The van der Waals surface area contributed by atoms with E-state index in [0.717, 1.165) is 11.3 Å². The number of fused-ring (bicyclic) bond motifs is 1. The number of carboxylic acids is 3. The number of aliphatic carboxylic acids is 3. The first kappa shape index (κ1) is 28.5. The van der Waals surface area contributed by atoms with Crippen molar-refractivity contribution in [3.8, 4) is 0 Å². The van der Waals surface area contributed by atoms with E-state index in [9.17, 15) is 28.8 Å². The first-order valence-corrected chi connectivity index (χ1v) is 10.8. The number of hydrogen-bond acceptors (Lipinski definition) is 9. The summed E-state index contributed by atoms with van der Waals surface area (Å²) in [6.45, 7) is 0.610. The Morgan fingerprint density at radius 3 is 1.86 bits per heavy atom. The van der Waals surface area contributed by atoms with Crippen molar-refractivity contribution in [1.82, 2.24) is 10.2 Å². The molecule has 0 aliphatic carbocycles. The van der Waals surface area contributed by atoms with Crippen molar-refractivity contribution < 1.29 is 53.6 Å². The number of aliphatic hydroxyl groups is 1. The Kier molecular flexibility index (Phi) is 9.48. The molecule has 14 heteroatoms. The summed E-state index contributed by atoms with van der Waals surface area (Å²) in [6, 6.07) is 9.45. The standard InChI is InChI=1S/C13H12N2O3.C6H8O7.C4H5NO/c16-11-10(6-3-7-14-11)15-12(17)8-4-1-2-5-9(8)13(15)18;7-3(8)1-6(13,5(11)12)2-4(9)10;5-4-2-1-3-6-4/h1-2,4-5,10H,3,6-7H2,(H,14,16);13H,1-2H2,(H,7,8)(H,9,10)(H,11,12);1-3H,5H2. The van der Waals surface area contributed by atoms with Gasteiger partial charge in [-0.25, -0.2) is 4.79 Å². The molecule has 1 aromatic carbocycles. The molecule has 37 heavy (non-hydrogen) atoms. The van der Waals surface area contributed by atoms with E-state index in [0.29, 0.717) is 30.0 Å². The van der Waals surface area contributed by atoms with Crippen LogP contribution in [0.1, 0.15) is 46.4 Å². The van der Waals surface area contributed by atoms with Gasteiger partial charge in [-0.3, -0.25) is 28.9 Å². The number of nitrogens with zero attached hydrogens (tertiary/aromatic N) is 1. The van der Waals surface area contributed by atoms with E-state index in [4.69, 9.17) is 26.2 Å². The highest BCUT2D eigenvalue weighted by molar-refractivity contribution is 6.22. The van der Waals surface area contributed by atoms with Crippen molar-refractivity contribution in [3.63, 3.8) is 0 Å². The summed E-state index contributed by atoms with van der Waals surface area (Å²) < 4.78 is 4.61. The Bertz CT molecular complexity index is 1130. The Morgan fingerprint density at radius 2 is 1.51 bits per heavy atom. The number of imide groups is 1. The summed E-state index contributed by atoms with van der Waals surface area (Å²) in [4.78, 5) is 67.7. The van der Waals surface area contributed by atoms with Gasteiger partial charge >= 0.3 is 17.9 Å². The van der Waals surface area contributed by atoms with Crippen LogP contribution in [0.3, 0.4) is 0 Å². The Labute approximate surface area is 209 Å². The molecule has 0 saturated carbocycles. The first-order chi connectivity index (χ1) is 17.4. The molecular formula is C23H25N3O11. The van der Waals surface area contributed by atoms with E-state index >= 15 is 0 Å². The number of nitrogen functional groups attached to an aromatic ring is 1. The van der Waals surface area contributed by atoms with Gasteiger partial charge in [-0.15, -0.1) is 0 Å². The largest absolute Gasteiger partial charge is 0.481 e. The molecule has 1 fully saturated rings. The van der Waals surface area contributed by atoms with Gasteiger partial charge in [-0.1, -0.05) is 12.1 Å². The fourth-order valence-corrected chi connectivity index (χ4v) is 3.50. The lowest BCUT2D eigenvalue weighted by Crippen LogP contribution is -2.52. The average molecular weight is 519 g/mol. The lowest BCUT2D eigenvalue weighted by molar-refractivity contribution is -0.170. The third-order valence-electron chi connectivity index (χ3n) is 5.22. The van der Waals surface area contributed by atoms with Crippen LogP contribution in [0.2, 0.25) is 0 Å². The van der Waals surface area contributed by atoms with Gasteiger partial charge in [0.1, 0.15) is 6.04 Å². The smallest absolute Gasteiger partial charge is 0.336 e. The van der Waals surface area contributed by atoms with Gasteiger partial charge < -0.3 is 35.9 Å². The fraction of sp³-hybridized carbons (Fsp3) is 0.304. The van der Waals surface area contributed by atoms with Crippen LogP contribution in [0.25, 0.3) is 0 Å². The summed E-state index contributed by atoms with van der Waals surface area (Å²) in [5.74, 6) is -5.52. The number of carbonyl (C=O) groups is 6. The van der Waals surface area contributed by atoms with Crippen LogP contribution in [-0.4, -0.2) is 79.1 Å². The van der Waals surface area contributed by atoms with Gasteiger partial charge in [0.25, 0.3) is 11.8 Å². The Hall–Kier alpha value is -4.72. The molecule has 1 saturated heterocycles. The number of hydrogen-bond donors (Lipinski definition) is 6. The number of carbonyl (C=O) groups excluding carboxylic acids is 3. The molecule has 3 amide bonds. The van der Waals surface area contributed by atoms with Crippen LogP contribution in [0, 0.1) is 0 Å². The van der Waals surface area contributed by atoms with Crippen molar-refractivity contribution in [2.75, 3.05) is 12.3 Å². The number of piperidine rings is 1. The number of anilines is 1. The number of rotatable bonds is 6. The van der Waals surface area contributed by atoms with E-state index in [1.54, 1.807) is 36.4 Å². The van der Waals surface area contributed by atoms with Crippen molar-refractivity contribution in [1.29, 1.82) is 0 Å². The lowest BCUT2D eigenvalue weighted by atomic mass is 9.96. The molecule has 1 aromatic heterocycles.